The third-order valence-electron chi connectivity index (χ3n) is 2.85. The van der Waals surface area contributed by atoms with Gasteiger partial charge in [-0.3, -0.25) is 4.79 Å². The summed E-state index contributed by atoms with van der Waals surface area (Å²) in [6.07, 6.45) is -3.54. The predicted molar refractivity (Wildman–Crippen MR) is 66.0 cm³/mol. The number of hydrogen-bond donors (Lipinski definition) is 0. The van der Waals surface area contributed by atoms with Gasteiger partial charge in [0.15, 0.2) is 0 Å². The van der Waals surface area contributed by atoms with E-state index in [0.717, 1.165) is 6.20 Å². The Kier molecular flexibility index (Phi) is 4.17. The van der Waals surface area contributed by atoms with Gasteiger partial charge in [-0.15, -0.1) is 0 Å². The summed E-state index contributed by atoms with van der Waals surface area (Å²) in [6.45, 7) is 2.12. The molecule has 1 saturated heterocycles. The number of carbonyl (C=O) groups excluding carboxylic acids is 1. The highest BCUT2D eigenvalue weighted by Crippen LogP contribution is 2.35. The normalized spacial score (nSPS) is 19.2. The van der Waals surface area contributed by atoms with Gasteiger partial charge in [-0.1, -0.05) is 0 Å². The van der Waals surface area contributed by atoms with Gasteiger partial charge in [0.05, 0.1) is 12.7 Å². The third kappa shape index (κ3) is 3.38. The van der Waals surface area contributed by atoms with Crippen LogP contribution in [-0.2, 0) is 11.0 Å². The molecule has 0 N–H and O–H groups in total. The van der Waals surface area contributed by atoms with E-state index in [1.165, 1.54) is 11.8 Å². The number of carbonyl (C=O) groups is 1. The van der Waals surface area contributed by atoms with Gasteiger partial charge < -0.3 is 9.64 Å². The summed E-state index contributed by atoms with van der Waals surface area (Å²) in [6, 6.07) is 0. The number of nitrogens with zero attached hydrogens (tertiary/aromatic N) is 3. The molecule has 1 amide bonds. The summed E-state index contributed by atoms with van der Waals surface area (Å²) in [5.41, 5.74) is -1.17. The molecule has 1 aliphatic rings. The molecule has 1 fully saturated rings. The lowest BCUT2D eigenvalue weighted by Crippen LogP contribution is -2.29. The summed E-state index contributed by atoms with van der Waals surface area (Å²) in [5, 5.41) is 0. The molecule has 110 valence electrons. The molecule has 1 unspecified atom stereocenters. The number of amides is 1. The molecule has 5 nitrogen and oxygen atoms in total. The van der Waals surface area contributed by atoms with Gasteiger partial charge in [0.25, 0.3) is 0 Å². The Morgan fingerprint density at radius 1 is 1.55 bits per heavy atom. The summed E-state index contributed by atoms with van der Waals surface area (Å²) in [7, 11) is 0. The van der Waals surface area contributed by atoms with Gasteiger partial charge >= 0.3 is 6.18 Å². The van der Waals surface area contributed by atoms with Crippen LogP contribution in [0.4, 0.5) is 13.2 Å². The molecule has 0 aliphatic carbocycles. The van der Waals surface area contributed by atoms with E-state index in [0.29, 0.717) is 13.0 Å². The van der Waals surface area contributed by atoms with E-state index >= 15 is 0 Å². The second-order valence-electron chi connectivity index (χ2n) is 4.34. The zero-order valence-electron chi connectivity index (χ0n) is 10.4. The van der Waals surface area contributed by atoms with E-state index in [1.54, 1.807) is 0 Å². The number of rotatable bonds is 2. The molecule has 0 radical (unpaired) electrons. The predicted octanol–water partition coefficient (Wildman–Crippen LogP) is 2.26. The summed E-state index contributed by atoms with van der Waals surface area (Å²) in [5.74, 6) is -0.690. The molecule has 1 aliphatic heterocycles. The van der Waals surface area contributed by atoms with Crippen molar-refractivity contribution < 1.29 is 22.7 Å². The fourth-order valence-electron chi connectivity index (χ4n) is 1.90. The first-order chi connectivity index (χ1) is 9.27. The largest absolute Gasteiger partial charge is 0.471 e. The summed E-state index contributed by atoms with van der Waals surface area (Å²) in [4.78, 5) is 19.7. The summed E-state index contributed by atoms with van der Waals surface area (Å²) >= 11 is 2.85. The molecule has 1 atom stereocenters. The topological polar surface area (TPSA) is 55.3 Å². The molecule has 20 heavy (non-hydrogen) atoms. The van der Waals surface area contributed by atoms with Gasteiger partial charge in [-0.2, -0.15) is 13.2 Å². The van der Waals surface area contributed by atoms with Crippen molar-refractivity contribution in [1.82, 2.24) is 14.9 Å². The number of hydrogen-bond acceptors (Lipinski definition) is 4. The lowest BCUT2D eigenvalue weighted by Gasteiger charge is -2.17. The molecular formula is C11H11BrF3N3O2. The molecule has 2 heterocycles. The van der Waals surface area contributed by atoms with Crippen LogP contribution in [0.1, 0.15) is 19.0 Å². The van der Waals surface area contributed by atoms with Crippen LogP contribution in [0.5, 0.6) is 5.88 Å². The zero-order valence-corrected chi connectivity index (χ0v) is 12.0. The monoisotopic (exact) mass is 353 g/mol. The zero-order chi connectivity index (χ0) is 14.9. The maximum atomic E-state index is 12.8. The van der Waals surface area contributed by atoms with Crippen molar-refractivity contribution in [2.45, 2.75) is 25.6 Å². The molecule has 0 aromatic carbocycles. The molecule has 1 aromatic heterocycles. The number of alkyl halides is 3. The Morgan fingerprint density at radius 3 is 2.80 bits per heavy atom. The van der Waals surface area contributed by atoms with Crippen molar-refractivity contribution in [3.05, 3.63) is 16.5 Å². The Labute approximate surface area is 121 Å². The SMILES string of the molecule is CC(=O)N1CCC(Oc2ncc(Br)nc2C(F)(F)F)C1. The van der Waals surface area contributed by atoms with E-state index in [2.05, 4.69) is 25.9 Å². The lowest BCUT2D eigenvalue weighted by molar-refractivity contribution is -0.143. The Bertz CT molecular complexity index is 524. The minimum Gasteiger partial charge on any atom is -0.471 e. The molecule has 2 rings (SSSR count). The van der Waals surface area contributed by atoms with Crippen molar-refractivity contribution in [3.8, 4) is 5.88 Å². The highest BCUT2D eigenvalue weighted by atomic mass is 79.9. The van der Waals surface area contributed by atoms with Crippen LogP contribution in [0, 0.1) is 0 Å². The van der Waals surface area contributed by atoms with Crippen LogP contribution in [0.2, 0.25) is 0 Å². The van der Waals surface area contributed by atoms with E-state index in [-0.39, 0.29) is 17.1 Å². The van der Waals surface area contributed by atoms with E-state index in [1.807, 2.05) is 0 Å². The van der Waals surface area contributed by atoms with Crippen molar-refractivity contribution >= 4 is 21.8 Å². The highest BCUT2D eigenvalue weighted by molar-refractivity contribution is 9.10. The van der Waals surface area contributed by atoms with Crippen molar-refractivity contribution in [2.75, 3.05) is 13.1 Å². The first-order valence-electron chi connectivity index (χ1n) is 5.79. The van der Waals surface area contributed by atoms with Crippen LogP contribution in [0.15, 0.2) is 10.8 Å². The maximum absolute atomic E-state index is 12.8. The third-order valence-corrected chi connectivity index (χ3v) is 3.23. The maximum Gasteiger partial charge on any atom is 0.438 e. The molecule has 0 bridgehead atoms. The van der Waals surface area contributed by atoms with Crippen molar-refractivity contribution in [3.63, 3.8) is 0 Å². The second-order valence-corrected chi connectivity index (χ2v) is 5.15. The molecule has 0 saturated carbocycles. The minimum atomic E-state index is -4.65. The number of aromatic nitrogens is 2. The van der Waals surface area contributed by atoms with Crippen LogP contribution < -0.4 is 4.74 Å². The number of ether oxygens (including phenoxy) is 1. The van der Waals surface area contributed by atoms with E-state index < -0.39 is 23.9 Å². The van der Waals surface area contributed by atoms with Gasteiger partial charge in [-0.05, 0) is 15.9 Å². The van der Waals surface area contributed by atoms with Crippen LogP contribution in [-0.4, -0.2) is 40.0 Å². The average molecular weight is 354 g/mol. The van der Waals surface area contributed by atoms with Crippen LogP contribution in [0.3, 0.4) is 0 Å². The fourth-order valence-corrected chi connectivity index (χ4v) is 2.18. The smallest absolute Gasteiger partial charge is 0.438 e. The van der Waals surface area contributed by atoms with Crippen molar-refractivity contribution in [1.29, 1.82) is 0 Å². The molecule has 0 spiro atoms. The average Bonchev–Trinajstić information content (AvgIpc) is 2.79. The molecule has 9 heteroatoms. The van der Waals surface area contributed by atoms with E-state index in [4.69, 9.17) is 4.74 Å². The van der Waals surface area contributed by atoms with Gasteiger partial charge in [-0.25, -0.2) is 9.97 Å². The lowest BCUT2D eigenvalue weighted by atomic mass is 10.3. The van der Waals surface area contributed by atoms with Crippen molar-refractivity contribution in [2.24, 2.45) is 0 Å². The van der Waals surface area contributed by atoms with Gasteiger partial charge in [0.2, 0.25) is 17.5 Å². The highest BCUT2D eigenvalue weighted by Gasteiger charge is 2.39. The summed E-state index contributed by atoms with van der Waals surface area (Å²) < 4.78 is 43.8. The Balaban J connectivity index is 2.16. The molecular weight excluding hydrogens is 343 g/mol. The molecule has 1 aromatic rings. The quantitative estimate of drug-likeness (QED) is 0.818. The first-order valence-corrected chi connectivity index (χ1v) is 6.58. The standard InChI is InChI=1S/C11H11BrF3N3O2/c1-6(19)18-3-2-7(5-18)20-10-9(11(13,14)15)17-8(12)4-16-10/h4,7H,2-3,5H2,1H3. The Morgan fingerprint density at radius 2 is 2.25 bits per heavy atom. The second kappa shape index (κ2) is 5.55. The fraction of sp³-hybridized carbons (Fsp3) is 0.545. The van der Waals surface area contributed by atoms with Gasteiger partial charge in [0.1, 0.15) is 10.7 Å². The van der Waals surface area contributed by atoms with Crippen LogP contribution >= 0.6 is 15.9 Å². The number of halogens is 4. The number of likely N-dealkylation sites (tertiary alicyclic amines) is 1. The van der Waals surface area contributed by atoms with Gasteiger partial charge in [0, 0.05) is 19.9 Å². The van der Waals surface area contributed by atoms with E-state index in [9.17, 15) is 18.0 Å². The van der Waals surface area contributed by atoms with Crippen LogP contribution in [0.25, 0.3) is 0 Å². The Hall–Kier alpha value is -1.38. The minimum absolute atomic E-state index is 0.0195. The first kappa shape index (κ1) is 15.0.